The van der Waals surface area contributed by atoms with Crippen molar-refractivity contribution in [2.45, 2.75) is 105 Å². The first-order valence-electron chi connectivity index (χ1n) is 14.7. The molecule has 5 rings (SSSR count). The molecule has 0 spiro atoms. The Morgan fingerprint density at radius 1 is 0.971 bits per heavy atom. The number of hydrogen-bond donors (Lipinski definition) is 0. The van der Waals surface area contributed by atoms with Crippen LogP contribution in [-0.2, 0) is 0 Å². The van der Waals surface area contributed by atoms with Crippen LogP contribution in [0, 0.1) is 46.8 Å². The van der Waals surface area contributed by atoms with Crippen LogP contribution in [0.4, 0.5) is 0 Å². The highest BCUT2D eigenvalue weighted by Gasteiger charge is 2.55. The fourth-order valence-electron chi connectivity index (χ4n) is 9.36. The maximum absolute atomic E-state index is 4.79. The molecular formula is C34H50. The van der Waals surface area contributed by atoms with Crippen molar-refractivity contribution in [3.8, 4) is 0 Å². The molecule has 5 aliphatic rings. The number of rotatable bonds is 3. The van der Waals surface area contributed by atoms with E-state index in [0.29, 0.717) is 23.2 Å². The molecule has 0 amide bonds. The van der Waals surface area contributed by atoms with Gasteiger partial charge in [-0.05, 0) is 148 Å². The van der Waals surface area contributed by atoms with Crippen molar-refractivity contribution in [1.29, 1.82) is 0 Å². The molecule has 0 aromatic rings. The van der Waals surface area contributed by atoms with Gasteiger partial charge in [0.15, 0.2) is 0 Å². The fourth-order valence-corrected chi connectivity index (χ4v) is 9.36. The molecule has 0 saturated heterocycles. The lowest BCUT2D eigenvalue weighted by molar-refractivity contribution is -0.0608. The van der Waals surface area contributed by atoms with Crippen LogP contribution >= 0.6 is 0 Å². The maximum Gasteiger partial charge on any atom is -0.0102 e. The van der Waals surface area contributed by atoms with E-state index in [9.17, 15) is 0 Å². The maximum atomic E-state index is 4.79. The second-order valence-electron chi connectivity index (χ2n) is 13.4. The summed E-state index contributed by atoms with van der Waals surface area (Å²) in [5.74, 6) is 5.78. The number of fused-ring (bicyclic) bond motifs is 5. The van der Waals surface area contributed by atoms with Gasteiger partial charge in [0.1, 0.15) is 0 Å². The quantitative estimate of drug-likeness (QED) is 0.369. The van der Waals surface area contributed by atoms with Crippen molar-refractivity contribution in [3.05, 3.63) is 58.7 Å². The average Bonchev–Trinajstić information content (AvgIpc) is 2.83. The minimum Gasteiger partial charge on any atom is -0.0998 e. The van der Waals surface area contributed by atoms with Crippen LogP contribution in [0.5, 0.6) is 0 Å². The van der Waals surface area contributed by atoms with Crippen LogP contribution in [-0.4, -0.2) is 0 Å². The van der Waals surface area contributed by atoms with Gasteiger partial charge in [0.25, 0.3) is 0 Å². The smallest absolute Gasteiger partial charge is 0.0102 e. The lowest BCUT2D eigenvalue weighted by Crippen LogP contribution is -2.51. The van der Waals surface area contributed by atoms with Gasteiger partial charge < -0.3 is 0 Å². The predicted octanol–water partition coefficient (Wildman–Crippen LogP) is 10.0. The Bertz CT molecular complexity index is 935. The summed E-state index contributed by atoms with van der Waals surface area (Å²) in [5.41, 5.74) is 10.0. The first-order valence-corrected chi connectivity index (χ1v) is 14.7. The van der Waals surface area contributed by atoms with Crippen LogP contribution in [0.3, 0.4) is 0 Å². The second kappa shape index (κ2) is 9.29. The molecule has 5 aliphatic carbocycles. The van der Waals surface area contributed by atoms with E-state index in [1.165, 1.54) is 81.8 Å². The molecule has 0 aromatic heterocycles. The molecule has 0 heteroatoms. The van der Waals surface area contributed by atoms with Crippen LogP contribution in [0.2, 0.25) is 0 Å². The highest BCUT2D eigenvalue weighted by Crippen LogP contribution is 2.64. The van der Waals surface area contributed by atoms with Crippen molar-refractivity contribution in [1.82, 2.24) is 0 Å². The third-order valence-electron chi connectivity index (χ3n) is 11.6. The summed E-state index contributed by atoms with van der Waals surface area (Å²) in [5, 5.41) is 0. The van der Waals surface area contributed by atoms with E-state index in [-0.39, 0.29) is 0 Å². The van der Waals surface area contributed by atoms with Crippen molar-refractivity contribution >= 4 is 0 Å². The van der Waals surface area contributed by atoms with E-state index in [4.69, 9.17) is 6.58 Å². The molecule has 7 unspecified atom stereocenters. The molecule has 186 valence electrons. The van der Waals surface area contributed by atoms with Gasteiger partial charge in [-0.1, -0.05) is 62.8 Å². The van der Waals surface area contributed by atoms with Gasteiger partial charge in [0.05, 0.1) is 0 Å². The summed E-state index contributed by atoms with van der Waals surface area (Å²) in [7, 11) is 0. The van der Waals surface area contributed by atoms with Gasteiger partial charge in [-0.3, -0.25) is 0 Å². The molecule has 34 heavy (non-hydrogen) atoms. The fraction of sp³-hybridized carbons (Fsp3) is 0.706. The molecule has 0 aromatic carbocycles. The van der Waals surface area contributed by atoms with Gasteiger partial charge in [0, 0.05) is 0 Å². The lowest BCUT2D eigenvalue weighted by Gasteiger charge is -2.60. The molecule has 0 N–H and O–H groups in total. The zero-order chi connectivity index (χ0) is 24.2. The standard InChI is InChI=1S/C34H50/c1-21(2)23(5)28-9-8-10-29-30(28)15-18-33-31(29)16-17-32-24(6)27(19-20-34(32,33)7)26-13-11-25(12-14-26)22(3)4/h13,19,21,25,29-33H,3,6,8-12,14-18,20H2,1-2,4-5,7H3/b28-23-. The normalized spacial score (nSPS) is 41.6. The first kappa shape index (κ1) is 24.4. The molecule has 0 nitrogen and oxygen atoms in total. The Hall–Kier alpha value is -1.30. The van der Waals surface area contributed by atoms with Crippen molar-refractivity contribution < 1.29 is 0 Å². The summed E-state index contributed by atoms with van der Waals surface area (Å²) in [6.45, 7) is 21.1. The molecule has 3 fully saturated rings. The third kappa shape index (κ3) is 3.96. The van der Waals surface area contributed by atoms with Crippen LogP contribution in [0.25, 0.3) is 0 Å². The largest absolute Gasteiger partial charge is 0.0998 e. The van der Waals surface area contributed by atoms with Gasteiger partial charge in [-0.25, -0.2) is 0 Å². The van der Waals surface area contributed by atoms with E-state index in [1.807, 2.05) is 5.57 Å². The number of hydrogen-bond acceptors (Lipinski definition) is 0. The Labute approximate surface area is 210 Å². The molecule has 0 bridgehead atoms. The van der Waals surface area contributed by atoms with Crippen molar-refractivity contribution in [2.75, 3.05) is 0 Å². The summed E-state index contributed by atoms with van der Waals surface area (Å²) in [6.07, 6.45) is 20.1. The SMILES string of the molecule is C=C(C)C1CC=C(C2=CCC3(C)C(CCC4C5CCC/C(=C(\C)C(C)C)C5CCC43)C2=C)CC1. The van der Waals surface area contributed by atoms with Gasteiger partial charge in [-0.15, -0.1) is 0 Å². The van der Waals surface area contributed by atoms with E-state index in [1.54, 1.807) is 16.7 Å². The molecule has 3 saturated carbocycles. The molecule has 7 atom stereocenters. The van der Waals surface area contributed by atoms with E-state index in [2.05, 4.69) is 53.3 Å². The zero-order valence-electron chi connectivity index (χ0n) is 22.9. The Morgan fingerprint density at radius 3 is 2.44 bits per heavy atom. The zero-order valence-corrected chi connectivity index (χ0v) is 22.9. The second-order valence-corrected chi connectivity index (χ2v) is 13.4. The Balaban J connectivity index is 1.38. The first-order chi connectivity index (χ1) is 16.2. The third-order valence-corrected chi connectivity index (χ3v) is 11.6. The molecule has 0 radical (unpaired) electrons. The van der Waals surface area contributed by atoms with Gasteiger partial charge in [-0.2, -0.15) is 0 Å². The molecular weight excluding hydrogens is 408 g/mol. The summed E-state index contributed by atoms with van der Waals surface area (Å²) < 4.78 is 0. The topological polar surface area (TPSA) is 0 Å². The average molecular weight is 459 g/mol. The molecule has 0 aliphatic heterocycles. The lowest BCUT2D eigenvalue weighted by atomic mass is 9.45. The Kier molecular flexibility index (Phi) is 6.67. The predicted molar refractivity (Wildman–Crippen MR) is 147 cm³/mol. The van der Waals surface area contributed by atoms with Crippen LogP contribution in [0.15, 0.2) is 58.7 Å². The van der Waals surface area contributed by atoms with Crippen molar-refractivity contribution in [3.63, 3.8) is 0 Å². The monoisotopic (exact) mass is 458 g/mol. The highest BCUT2D eigenvalue weighted by molar-refractivity contribution is 5.50. The molecule has 0 heterocycles. The van der Waals surface area contributed by atoms with Gasteiger partial charge >= 0.3 is 0 Å². The summed E-state index contributed by atoms with van der Waals surface area (Å²) in [6, 6.07) is 0. The van der Waals surface area contributed by atoms with Crippen LogP contribution < -0.4 is 0 Å². The minimum atomic E-state index is 0.429. The van der Waals surface area contributed by atoms with Gasteiger partial charge in [0.2, 0.25) is 0 Å². The van der Waals surface area contributed by atoms with E-state index >= 15 is 0 Å². The van der Waals surface area contributed by atoms with Crippen molar-refractivity contribution in [2.24, 2.45) is 46.8 Å². The Morgan fingerprint density at radius 2 is 1.76 bits per heavy atom. The minimum absolute atomic E-state index is 0.429. The van der Waals surface area contributed by atoms with Crippen LogP contribution in [0.1, 0.15) is 105 Å². The summed E-state index contributed by atoms with van der Waals surface area (Å²) >= 11 is 0. The number of allylic oxidation sites excluding steroid dienone is 8. The highest BCUT2D eigenvalue weighted by atomic mass is 14.6. The van der Waals surface area contributed by atoms with E-state index in [0.717, 1.165) is 23.7 Å². The summed E-state index contributed by atoms with van der Waals surface area (Å²) in [4.78, 5) is 0. The van der Waals surface area contributed by atoms with E-state index < -0.39 is 0 Å².